The quantitative estimate of drug-likeness (QED) is 0.677. The zero-order valence-corrected chi connectivity index (χ0v) is 6.54. The summed E-state index contributed by atoms with van der Waals surface area (Å²) in [6.45, 7) is 0. The second kappa shape index (κ2) is 3.87. The molecule has 9 heavy (non-hydrogen) atoms. The maximum atomic E-state index is 5.28. The van der Waals surface area contributed by atoms with Crippen LogP contribution in [0, 0.1) is 0 Å². The SMILES string of the molecule is NCSCc1ccsn1. The Hall–Kier alpha value is -0.0600. The molecule has 0 bridgehead atoms. The summed E-state index contributed by atoms with van der Waals surface area (Å²) in [4.78, 5) is 0. The predicted octanol–water partition coefficient (Wildman–Crippen LogP) is 1.29. The van der Waals surface area contributed by atoms with E-state index in [0.29, 0.717) is 5.88 Å². The average Bonchev–Trinajstić information content (AvgIpc) is 2.34. The van der Waals surface area contributed by atoms with Crippen LogP contribution in [0.15, 0.2) is 11.4 Å². The standard InChI is InChI=1S/C5H8N2S2/c6-4-8-3-5-1-2-9-7-5/h1-2H,3-4,6H2. The minimum Gasteiger partial charge on any atom is -0.322 e. The molecule has 0 aliphatic carbocycles. The summed E-state index contributed by atoms with van der Waals surface area (Å²) < 4.78 is 4.12. The van der Waals surface area contributed by atoms with E-state index in [0.717, 1.165) is 11.4 Å². The Bertz CT molecular complexity index is 150. The molecule has 0 aliphatic rings. The Labute approximate surface area is 62.6 Å². The summed E-state index contributed by atoms with van der Waals surface area (Å²) >= 11 is 3.17. The van der Waals surface area contributed by atoms with E-state index in [1.54, 1.807) is 11.8 Å². The van der Waals surface area contributed by atoms with Gasteiger partial charge in [-0.05, 0) is 17.6 Å². The number of rotatable bonds is 3. The second-order valence-electron chi connectivity index (χ2n) is 1.51. The van der Waals surface area contributed by atoms with Gasteiger partial charge in [0, 0.05) is 17.0 Å². The fourth-order valence-corrected chi connectivity index (χ4v) is 1.58. The minimum absolute atomic E-state index is 0.678. The van der Waals surface area contributed by atoms with Crippen molar-refractivity contribution in [1.29, 1.82) is 0 Å². The van der Waals surface area contributed by atoms with Crippen LogP contribution in [-0.4, -0.2) is 10.3 Å². The van der Waals surface area contributed by atoms with Gasteiger partial charge >= 0.3 is 0 Å². The molecule has 0 saturated heterocycles. The van der Waals surface area contributed by atoms with Gasteiger partial charge in [0.2, 0.25) is 0 Å². The maximum absolute atomic E-state index is 5.28. The van der Waals surface area contributed by atoms with E-state index < -0.39 is 0 Å². The van der Waals surface area contributed by atoms with Crippen LogP contribution in [0.4, 0.5) is 0 Å². The van der Waals surface area contributed by atoms with Crippen molar-refractivity contribution in [2.75, 3.05) is 5.88 Å². The summed E-state index contributed by atoms with van der Waals surface area (Å²) in [5.74, 6) is 1.62. The Kier molecular flexibility index (Phi) is 3.03. The first-order valence-corrected chi connectivity index (χ1v) is 4.59. The molecule has 4 heteroatoms. The summed E-state index contributed by atoms with van der Waals surface area (Å²) in [6.07, 6.45) is 0. The zero-order valence-electron chi connectivity index (χ0n) is 4.91. The van der Waals surface area contributed by atoms with Gasteiger partial charge in [-0.1, -0.05) is 0 Å². The predicted molar refractivity (Wildman–Crippen MR) is 42.5 cm³/mol. The van der Waals surface area contributed by atoms with Crippen LogP contribution in [0.5, 0.6) is 0 Å². The Morgan fingerprint density at radius 1 is 1.78 bits per heavy atom. The van der Waals surface area contributed by atoms with E-state index in [9.17, 15) is 0 Å². The molecule has 1 aromatic rings. The largest absolute Gasteiger partial charge is 0.322 e. The third kappa shape index (κ3) is 2.34. The van der Waals surface area contributed by atoms with E-state index in [4.69, 9.17) is 5.73 Å². The number of hydrogen-bond acceptors (Lipinski definition) is 4. The van der Waals surface area contributed by atoms with E-state index in [1.165, 1.54) is 11.5 Å². The van der Waals surface area contributed by atoms with Crippen LogP contribution >= 0.6 is 23.3 Å². The molecule has 0 aliphatic heterocycles. The molecule has 0 fully saturated rings. The molecule has 2 nitrogen and oxygen atoms in total. The lowest BCUT2D eigenvalue weighted by molar-refractivity contribution is 1.28. The zero-order chi connectivity index (χ0) is 6.53. The first-order chi connectivity index (χ1) is 4.43. The fraction of sp³-hybridized carbons (Fsp3) is 0.400. The van der Waals surface area contributed by atoms with Crippen molar-refractivity contribution >= 4 is 23.3 Å². The Balaban J connectivity index is 2.30. The Morgan fingerprint density at radius 2 is 2.67 bits per heavy atom. The van der Waals surface area contributed by atoms with Gasteiger partial charge in [-0.3, -0.25) is 0 Å². The van der Waals surface area contributed by atoms with E-state index in [1.807, 2.05) is 11.4 Å². The van der Waals surface area contributed by atoms with E-state index in [2.05, 4.69) is 4.37 Å². The topological polar surface area (TPSA) is 38.9 Å². The van der Waals surface area contributed by atoms with Crippen molar-refractivity contribution in [1.82, 2.24) is 4.37 Å². The number of nitrogens with two attached hydrogens (primary N) is 1. The third-order valence-electron chi connectivity index (χ3n) is 0.859. The van der Waals surface area contributed by atoms with Crippen LogP contribution in [0.25, 0.3) is 0 Å². The molecule has 0 amide bonds. The molecule has 1 aromatic heterocycles. The number of nitrogens with zero attached hydrogens (tertiary/aromatic N) is 1. The van der Waals surface area contributed by atoms with Crippen molar-refractivity contribution in [3.63, 3.8) is 0 Å². The highest BCUT2D eigenvalue weighted by Gasteiger charge is 1.91. The third-order valence-corrected chi connectivity index (χ3v) is 2.19. The van der Waals surface area contributed by atoms with Crippen molar-refractivity contribution in [2.45, 2.75) is 5.75 Å². The van der Waals surface area contributed by atoms with Crippen molar-refractivity contribution in [3.8, 4) is 0 Å². The van der Waals surface area contributed by atoms with Crippen molar-refractivity contribution in [2.24, 2.45) is 5.73 Å². The normalized spacial score (nSPS) is 9.89. The molecular weight excluding hydrogens is 152 g/mol. The smallest absolute Gasteiger partial charge is 0.0641 e. The molecule has 0 aromatic carbocycles. The molecule has 0 spiro atoms. The number of hydrogen-bond donors (Lipinski definition) is 1. The molecule has 0 unspecified atom stereocenters. The Morgan fingerprint density at radius 3 is 3.22 bits per heavy atom. The highest BCUT2D eigenvalue weighted by Crippen LogP contribution is 2.08. The van der Waals surface area contributed by atoms with Gasteiger partial charge in [-0.25, -0.2) is 0 Å². The van der Waals surface area contributed by atoms with Crippen molar-refractivity contribution < 1.29 is 0 Å². The summed E-state index contributed by atoms with van der Waals surface area (Å²) in [6, 6.07) is 2.02. The van der Waals surface area contributed by atoms with Gasteiger partial charge in [0.05, 0.1) is 5.69 Å². The molecule has 0 atom stereocenters. The van der Waals surface area contributed by atoms with Crippen molar-refractivity contribution in [3.05, 3.63) is 17.1 Å². The van der Waals surface area contributed by atoms with Gasteiger partial charge in [0.25, 0.3) is 0 Å². The van der Waals surface area contributed by atoms with Crippen LogP contribution in [0.1, 0.15) is 5.69 Å². The first kappa shape index (κ1) is 7.05. The van der Waals surface area contributed by atoms with Crippen LogP contribution < -0.4 is 5.73 Å². The summed E-state index contributed by atoms with van der Waals surface area (Å²) in [7, 11) is 0. The molecule has 0 saturated carbocycles. The molecule has 1 rings (SSSR count). The number of thioether (sulfide) groups is 1. The lowest BCUT2D eigenvalue weighted by atomic mass is 10.5. The molecule has 1 heterocycles. The summed E-state index contributed by atoms with van der Waals surface area (Å²) in [5.41, 5.74) is 6.42. The maximum Gasteiger partial charge on any atom is 0.0641 e. The highest BCUT2D eigenvalue weighted by molar-refractivity contribution is 7.98. The highest BCUT2D eigenvalue weighted by atomic mass is 32.2. The molecule has 2 N–H and O–H groups in total. The monoisotopic (exact) mass is 160 g/mol. The molecular formula is C5H8N2S2. The van der Waals surface area contributed by atoms with Gasteiger partial charge in [-0.15, -0.1) is 11.8 Å². The van der Waals surface area contributed by atoms with E-state index in [-0.39, 0.29) is 0 Å². The van der Waals surface area contributed by atoms with Gasteiger partial charge in [-0.2, -0.15) is 4.37 Å². The lowest BCUT2D eigenvalue weighted by Gasteiger charge is -1.89. The van der Waals surface area contributed by atoms with Gasteiger partial charge in [0.15, 0.2) is 0 Å². The van der Waals surface area contributed by atoms with Crippen LogP contribution in [0.3, 0.4) is 0 Å². The fourth-order valence-electron chi connectivity index (χ4n) is 0.475. The minimum atomic E-state index is 0.678. The lowest BCUT2D eigenvalue weighted by Crippen LogP contribution is -1.92. The second-order valence-corrected chi connectivity index (χ2v) is 3.20. The average molecular weight is 160 g/mol. The number of aromatic nitrogens is 1. The van der Waals surface area contributed by atoms with Gasteiger partial charge in [0.1, 0.15) is 0 Å². The summed E-state index contributed by atoms with van der Waals surface area (Å²) in [5, 5.41) is 1.98. The van der Waals surface area contributed by atoms with Crippen LogP contribution in [0.2, 0.25) is 0 Å². The van der Waals surface area contributed by atoms with E-state index >= 15 is 0 Å². The van der Waals surface area contributed by atoms with Crippen LogP contribution in [-0.2, 0) is 5.75 Å². The first-order valence-electron chi connectivity index (χ1n) is 2.60. The molecule has 50 valence electrons. The molecule has 0 radical (unpaired) electrons. The van der Waals surface area contributed by atoms with Gasteiger partial charge < -0.3 is 5.73 Å².